The van der Waals surface area contributed by atoms with Crippen LogP contribution in [0, 0.1) is 10.1 Å². The zero-order chi connectivity index (χ0) is 14.7. The average molecular weight is 269 g/mol. The second kappa shape index (κ2) is 9.22. The van der Waals surface area contributed by atoms with Crippen molar-refractivity contribution in [3.63, 3.8) is 0 Å². The molecule has 0 fully saturated rings. The minimum absolute atomic E-state index is 0.0582. The van der Waals surface area contributed by atoms with Crippen molar-refractivity contribution in [3.8, 4) is 5.75 Å². The van der Waals surface area contributed by atoms with Gasteiger partial charge in [-0.1, -0.05) is 0 Å². The van der Waals surface area contributed by atoms with Crippen LogP contribution in [0.1, 0.15) is 12.5 Å². The number of benzene rings is 1. The van der Waals surface area contributed by atoms with E-state index < -0.39 is 5.09 Å². The van der Waals surface area contributed by atoms with Gasteiger partial charge in [0.15, 0.2) is 0 Å². The summed E-state index contributed by atoms with van der Waals surface area (Å²) < 4.78 is 5.29. The Morgan fingerprint density at radius 2 is 2.00 bits per heavy atom. The monoisotopic (exact) mass is 269 g/mol. The van der Waals surface area contributed by atoms with E-state index in [0.717, 1.165) is 11.3 Å². The van der Waals surface area contributed by atoms with Gasteiger partial charge in [-0.15, -0.1) is 15.2 Å². The second-order valence-electron chi connectivity index (χ2n) is 3.01. The Morgan fingerprint density at radius 1 is 1.47 bits per heavy atom. The number of ether oxygens (including phenoxy) is 1. The molecule has 0 radical (unpaired) electrons. The second-order valence-corrected chi connectivity index (χ2v) is 3.01. The van der Waals surface area contributed by atoms with E-state index >= 15 is 0 Å². The molecule has 0 bridgehead atoms. The molecule has 0 amide bonds. The Hall–Kier alpha value is -2.84. The molecule has 1 aromatic carbocycles. The maximum atomic E-state index is 8.36. The van der Waals surface area contributed by atoms with E-state index in [2.05, 4.69) is 10.2 Å². The summed E-state index contributed by atoms with van der Waals surface area (Å²) in [4.78, 5) is 8.36. The fraction of sp³-hybridized carbons (Fsp3) is 0.200. The Bertz CT molecular complexity index is 436. The lowest BCUT2D eigenvalue weighted by molar-refractivity contribution is -0.742. The number of guanidine groups is 1. The van der Waals surface area contributed by atoms with Crippen molar-refractivity contribution in [1.82, 2.24) is 0 Å². The van der Waals surface area contributed by atoms with Gasteiger partial charge in [0.05, 0.1) is 12.8 Å². The minimum Gasteiger partial charge on any atom is -0.494 e. The van der Waals surface area contributed by atoms with Crippen LogP contribution in [0.15, 0.2) is 34.5 Å². The normalized spacial score (nSPS) is 9.32. The molecular weight excluding hydrogens is 254 g/mol. The highest BCUT2D eigenvalue weighted by Gasteiger charge is 1.91. The van der Waals surface area contributed by atoms with E-state index in [-0.39, 0.29) is 5.96 Å². The number of nitrogens with two attached hydrogens (primary N) is 2. The van der Waals surface area contributed by atoms with E-state index in [1.54, 1.807) is 6.21 Å². The van der Waals surface area contributed by atoms with Crippen LogP contribution in [0.2, 0.25) is 0 Å². The fourth-order valence-electron chi connectivity index (χ4n) is 0.979. The van der Waals surface area contributed by atoms with Crippen LogP contribution in [0.3, 0.4) is 0 Å². The first-order chi connectivity index (χ1) is 8.95. The summed E-state index contributed by atoms with van der Waals surface area (Å²) in [6.07, 6.45) is 1.56. The first-order valence-corrected chi connectivity index (χ1v) is 5.13. The van der Waals surface area contributed by atoms with Crippen molar-refractivity contribution in [2.45, 2.75) is 6.92 Å². The van der Waals surface area contributed by atoms with Gasteiger partial charge in [0.2, 0.25) is 5.96 Å². The van der Waals surface area contributed by atoms with Gasteiger partial charge in [-0.25, -0.2) is 0 Å². The molecule has 104 valence electrons. The Kier molecular flexibility index (Phi) is 7.84. The number of hydrogen-bond donors (Lipinski definition) is 3. The molecule has 0 saturated heterocycles. The molecule has 0 aliphatic heterocycles. The molecule has 0 atom stereocenters. The smallest absolute Gasteiger partial charge is 0.291 e. The van der Waals surface area contributed by atoms with Crippen LogP contribution in [-0.4, -0.2) is 29.1 Å². The summed E-state index contributed by atoms with van der Waals surface area (Å²) in [5.74, 6) is 0.772. The molecule has 0 aliphatic carbocycles. The molecule has 0 unspecified atom stereocenters. The van der Waals surface area contributed by atoms with Crippen LogP contribution in [-0.2, 0) is 0 Å². The van der Waals surface area contributed by atoms with Crippen molar-refractivity contribution in [2.24, 2.45) is 21.7 Å². The Labute approximate surface area is 109 Å². The summed E-state index contributed by atoms with van der Waals surface area (Å²) in [5.41, 5.74) is 11.1. The maximum Gasteiger partial charge on any atom is 0.291 e. The predicted octanol–water partition coefficient (Wildman–Crippen LogP) is 0.345. The number of hydrogen-bond acceptors (Lipinski definition) is 5. The molecule has 9 heteroatoms. The molecule has 0 aliphatic rings. The summed E-state index contributed by atoms with van der Waals surface area (Å²) in [7, 11) is 0. The van der Waals surface area contributed by atoms with Gasteiger partial charge < -0.3 is 21.4 Å². The highest BCUT2D eigenvalue weighted by Crippen LogP contribution is 2.10. The summed E-state index contributed by atoms with van der Waals surface area (Å²) in [6, 6.07) is 7.47. The highest BCUT2D eigenvalue weighted by molar-refractivity contribution is 5.81. The van der Waals surface area contributed by atoms with Crippen LogP contribution in [0.4, 0.5) is 0 Å². The third kappa shape index (κ3) is 10.1. The molecule has 0 aromatic heterocycles. The lowest BCUT2D eigenvalue weighted by Crippen LogP contribution is -2.21. The van der Waals surface area contributed by atoms with Crippen LogP contribution in [0.25, 0.3) is 0 Å². The molecule has 5 N–H and O–H groups in total. The molecule has 0 saturated carbocycles. The Balaban J connectivity index is 0.000000711. The van der Waals surface area contributed by atoms with Crippen LogP contribution in [0.5, 0.6) is 5.75 Å². The molecule has 0 heterocycles. The van der Waals surface area contributed by atoms with Crippen molar-refractivity contribution in [3.05, 3.63) is 39.9 Å². The first kappa shape index (κ1) is 16.2. The molecular formula is C10H15N5O4. The standard InChI is InChI=1S/C10H14N4O.HNO3/c1-2-15-9-5-3-8(4-6-9)7-13-14-10(11)12;2-1(3)4/h3-7H,2H2,1H3,(H4,11,12,14);(H,2,3,4)/b13-7+;. The number of rotatable bonds is 4. The quantitative estimate of drug-likeness (QED) is 0.310. The topological polar surface area (TPSA) is 149 Å². The largest absolute Gasteiger partial charge is 0.494 e. The van der Waals surface area contributed by atoms with Gasteiger partial charge in [-0.05, 0) is 36.8 Å². The van der Waals surface area contributed by atoms with Gasteiger partial charge in [0, 0.05) is 0 Å². The number of nitrogens with zero attached hydrogens (tertiary/aromatic N) is 3. The Morgan fingerprint density at radius 3 is 2.42 bits per heavy atom. The van der Waals surface area contributed by atoms with Gasteiger partial charge in [0.1, 0.15) is 5.75 Å². The highest BCUT2D eigenvalue weighted by atomic mass is 16.9. The summed E-state index contributed by atoms with van der Waals surface area (Å²) in [6.45, 7) is 2.59. The molecule has 1 rings (SSSR count). The van der Waals surface area contributed by atoms with Crippen molar-refractivity contribution in [2.75, 3.05) is 6.61 Å². The molecule has 1 aromatic rings. The van der Waals surface area contributed by atoms with E-state index in [9.17, 15) is 0 Å². The third-order valence-corrected chi connectivity index (χ3v) is 1.57. The summed E-state index contributed by atoms with van der Waals surface area (Å²) in [5, 5.41) is 20.8. The van der Waals surface area contributed by atoms with Gasteiger partial charge in [-0.3, -0.25) is 0 Å². The lowest BCUT2D eigenvalue weighted by Gasteiger charge is -2.01. The predicted molar refractivity (Wildman–Crippen MR) is 69.8 cm³/mol. The zero-order valence-corrected chi connectivity index (χ0v) is 10.3. The van der Waals surface area contributed by atoms with E-state index in [1.807, 2.05) is 31.2 Å². The van der Waals surface area contributed by atoms with Gasteiger partial charge >= 0.3 is 0 Å². The van der Waals surface area contributed by atoms with E-state index in [4.69, 9.17) is 31.5 Å². The lowest BCUT2D eigenvalue weighted by atomic mass is 10.2. The minimum atomic E-state index is -1.50. The van der Waals surface area contributed by atoms with Crippen LogP contribution < -0.4 is 16.2 Å². The van der Waals surface area contributed by atoms with Crippen molar-refractivity contribution in [1.29, 1.82) is 0 Å². The molecule has 0 spiro atoms. The molecule has 19 heavy (non-hydrogen) atoms. The average Bonchev–Trinajstić information content (AvgIpc) is 2.30. The first-order valence-electron chi connectivity index (χ1n) is 5.13. The van der Waals surface area contributed by atoms with E-state index in [0.29, 0.717) is 6.61 Å². The third-order valence-electron chi connectivity index (χ3n) is 1.57. The van der Waals surface area contributed by atoms with E-state index in [1.165, 1.54) is 0 Å². The fourth-order valence-corrected chi connectivity index (χ4v) is 0.979. The van der Waals surface area contributed by atoms with Gasteiger partial charge in [0.25, 0.3) is 5.09 Å². The van der Waals surface area contributed by atoms with Crippen molar-refractivity contribution < 1.29 is 15.0 Å². The SMILES string of the molecule is CCOc1ccc(/C=N/N=C(N)N)cc1.O=[N+]([O-])O. The van der Waals surface area contributed by atoms with Crippen molar-refractivity contribution >= 4 is 12.2 Å². The van der Waals surface area contributed by atoms with Crippen LogP contribution >= 0.6 is 0 Å². The zero-order valence-electron chi connectivity index (χ0n) is 10.3. The summed E-state index contributed by atoms with van der Waals surface area (Å²) >= 11 is 0. The maximum absolute atomic E-state index is 8.36. The molecule has 9 nitrogen and oxygen atoms in total. The van der Waals surface area contributed by atoms with Gasteiger partial charge in [-0.2, -0.15) is 5.10 Å².